The largest absolute Gasteiger partial charge is 0.508 e. The lowest BCUT2D eigenvalue weighted by molar-refractivity contribution is -0.885. The number of methoxy groups -OCH3 is 1. The van der Waals surface area contributed by atoms with E-state index in [2.05, 4.69) is 5.32 Å². The molecule has 28 heavy (non-hydrogen) atoms. The van der Waals surface area contributed by atoms with Crippen LogP contribution in [0.1, 0.15) is 11.1 Å². The van der Waals surface area contributed by atoms with Crippen molar-refractivity contribution in [1.29, 1.82) is 0 Å². The quantitative estimate of drug-likeness (QED) is 0.561. The summed E-state index contributed by atoms with van der Waals surface area (Å²) in [6.07, 6.45) is 0. The van der Waals surface area contributed by atoms with E-state index in [-0.39, 0.29) is 18.2 Å². The summed E-state index contributed by atoms with van der Waals surface area (Å²) in [5, 5.41) is 13.4. The SMILES string of the molecule is COc1ccc(NC(=O)C[NH+](C)Cc2cc(=O)oc3c(C)c(O)ccc23)cc1. The number of aromatic hydroxyl groups is 1. The number of fused-ring (bicyclic) bond motifs is 1. The van der Waals surface area contributed by atoms with Gasteiger partial charge in [-0.25, -0.2) is 4.79 Å². The smallest absolute Gasteiger partial charge is 0.336 e. The molecule has 0 bridgehead atoms. The average molecular weight is 383 g/mol. The van der Waals surface area contributed by atoms with Crippen molar-refractivity contribution in [3.63, 3.8) is 0 Å². The van der Waals surface area contributed by atoms with Crippen LogP contribution in [0.2, 0.25) is 0 Å². The number of carbonyl (C=O) groups is 1. The third kappa shape index (κ3) is 4.32. The second-order valence-electron chi connectivity index (χ2n) is 6.76. The first-order valence-corrected chi connectivity index (χ1v) is 8.88. The number of ether oxygens (including phenoxy) is 1. The van der Waals surface area contributed by atoms with Gasteiger partial charge in [-0.05, 0) is 43.3 Å². The predicted octanol–water partition coefficient (Wildman–Crippen LogP) is 1.47. The van der Waals surface area contributed by atoms with Crippen molar-refractivity contribution in [2.24, 2.45) is 0 Å². The number of phenols is 1. The van der Waals surface area contributed by atoms with Crippen molar-refractivity contribution in [3.8, 4) is 11.5 Å². The summed E-state index contributed by atoms with van der Waals surface area (Å²) in [5.74, 6) is 0.660. The molecule has 1 aromatic heterocycles. The van der Waals surface area contributed by atoms with Gasteiger partial charge in [0, 0.05) is 28.3 Å². The molecule has 3 N–H and O–H groups in total. The number of likely N-dealkylation sites (N-methyl/N-ethyl adjacent to an activating group) is 1. The zero-order valence-corrected chi connectivity index (χ0v) is 16.0. The molecule has 0 radical (unpaired) electrons. The Morgan fingerprint density at radius 2 is 1.93 bits per heavy atom. The number of carbonyl (C=O) groups excluding carboxylic acids is 1. The summed E-state index contributed by atoms with van der Waals surface area (Å²) in [5.41, 5.74) is 1.87. The molecule has 2 aromatic carbocycles. The van der Waals surface area contributed by atoms with Crippen LogP contribution in [0.3, 0.4) is 0 Å². The lowest BCUT2D eigenvalue weighted by Crippen LogP contribution is -3.08. The molecule has 0 spiro atoms. The third-order valence-electron chi connectivity index (χ3n) is 4.55. The average Bonchev–Trinajstić information content (AvgIpc) is 2.65. The van der Waals surface area contributed by atoms with Crippen molar-refractivity contribution in [1.82, 2.24) is 0 Å². The van der Waals surface area contributed by atoms with E-state index < -0.39 is 5.63 Å². The van der Waals surface area contributed by atoms with Crippen LogP contribution in [0.15, 0.2) is 51.7 Å². The summed E-state index contributed by atoms with van der Waals surface area (Å²) in [7, 11) is 3.46. The summed E-state index contributed by atoms with van der Waals surface area (Å²) in [6.45, 7) is 2.39. The fourth-order valence-corrected chi connectivity index (χ4v) is 3.10. The van der Waals surface area contributed by atoms with Gasteiger partial charge in [-0.2, -0.15) is 0 Å². The van der Waals surface area contributed by atoms with Crippen molar-refractivity contribution in [2.45, 2.75) is 13.5 Å². The van der Waals surface area contributed by atoms with Crippen LogP contribution >= 0.6 is 0 Å². The molecule has 1 amide bonds. The van der Waals surface area contributed by atoms with Crippen molar-refractivity contribution in [3.05, 3.63) is 64.0 Å². The molecule has 1 unspecified atom stereocenters. The molecular formula is C21H23N2O5+. The Morgan fingerprint density at radius 3 is 2.61 bits per heavy atom. The first-order chi connectivity index (χ1) is 13.4. The maximum Gasteiger partial charge on any atom is 0.336 e. The standard InChI is InChI=1S/C21H22N2O5/c1-13-18(24)9-8-17-14(10-20(26)28-21(13)17)11-23(2)12-19(25)22-15-4-6-16(27-3)7-5-15/h4-10,24H,11-12H2,1-3H3,(H,22,25)/p+1. The van der Waals surface area contributed by atoms with Crippen LogP contribution in [-0.4, -0.2) is 31.7 Å². The second-order valence-corrected chi connectivity index (χ2v) is 6.76. The zero-order chi connectivity index (χ0) is 20.3. The lowest BCUT2D eigenvalue weighted by atomic mass is 10.1. The summed E-state index contributed by atoms with van der Waals surface area (Å²) in [4.78, 5) is 25.1. The van der Waals surface area contributed by atoms with E-state index in [1.54, 1.807) is 50.4 Å². The number of hydrogen-bond donors (Lipinski definition) is 3. The number of rotatable bonds is 6. The van der Waals surface area contributed by atoms with Gasteiger partial charge in [-0.1, -0.05) is 0 Å². The summed E-state index contributed by atoms with van der Waals surface area (Å²) in [6, 6.07) is 11.8. The number of nitrogens with one attached hydrogen (secondary N) is 2. The first-order valence-electron chi connectivity index (χ1n) is 8.88. The molecule has 0 fully saturated rings. The highest BCUT2D eigenvalue weighted by Crippen LogP contribution is 2.27. The Kier molecular flexibility index (Phi) is 5.65. The normalized spacial score (nSPS) is 12.0. The molecule has 146 valence electrons. The molecule has 7 nitrogen and oxygen atoms in total. The van der Waals surface area contributed by atoms with E-state index in [4.69, 9.17) is 9.15 Å². The van der Waals surface area contributed by atoms with Crippen molar-refractivity contribution >= 4 is 22.6 Å². The number of aryl methyl sites for hydroxylation is 1. The molecule has 1 heterocycles. The Balaban J connectivity index is 1.72. The first kappa shape index (κ1) is 19.4. The predicted molar refractivity (Wildman–Crippen MR) is 106 cm³/mol. The maximum atomic E-state index is 12.3. The second kappa shape index (κ2) is 8.14. The summed E-state index contributed by atoms with van der Waals surface area (Å²) >= 11 is 0. The molecule has 3 aromatic rings. The van der Waals surface area contributed by atoms with Gasteiger partial charge in [0.05, 0.1) is 14.2 Å². The van der Waals surface area contributed by atoms with Crippen LogP contribution in [0.4, 0.5) is 5.69 Å². The van der Waals surface area contributed by atoms with Gasteiger partial charge >= 0.3 is 5.63 Å². The molecule has 0 aliphatic heterocycles. The number of hydrogen-bond acceptors (Lipinski definition) is 5. The Hall–Kier alpha value is -3.32. The van der Waals surface area contributed by atoms with E-state index in [1.807, 2.05) is 7.05 Å². The molecule has 1 atom stereocenters. The molecule has 0 saturated heterocycles. The molecule has 3 rings (SSSR count). The molecular weight excluding hydrogens is 360 g/mol. The van der Waals surface area contributed by atoms with Crippen molar-refractivity contribution in [2.75, 3.05) is 26.0 Å². The fraction of sp³-hybridized carbons (Fsp3) is 0.238. The van der Waals surface area contributed by atoms with Gasteiger partial charge in [-0.15, -0.1) is 0 Å². The van der Waals surface area contributed by atoms with Gasteiger partial charge in [0.1, 0.15) is 23.6 Å². The Labute approximate surface area is 162 Å². The minimum absolute atomic E-state index is 0.0763. The number of benzene rings is 2. The monoisotopic (exact) mass is 383 g/mol. The van der Waals surface area contributed by atoms with Crippen LogP contribution < -0.4 is 20.6 Å². The highest BCUT2D eigenvalue weighted by molar-refractivity contribution is 5.91. The van der Waals surface area contributed by atoms with Crippen molar-refractivity contribution < 1.29 is 24.0 Å². The van der Waals surface area contributed by atoms with Gasteiger partial charge in [0.25, 0.3) is 5.91 Å². The zero-order valence-electron chi connectivity index (χ0n) is 16.0. The molecule has 0 aliphatic carbocycles. The topological polar surface area (TPSA) is 93.2 Å². The maximum absolute atomic E-state index is 12.3. The van der Waals surface area contributed by atoms with Gasteiger partial charge < -0.3 is 24.5 Å². The molecule has 0 aliphatic rings. The van der Waals surface area contributed by atoms with E-state index in [1.165, 1.54) is 6.07 Å². The van der Waals surface area contributed by atoms with Crippen LogP contribution in [0.25, 0.3) is 11.0 Å². The highest BCUT2D eigenvalue weighted by atomic mass is 16.5. The lowest BCUT2D eigenvalue weighted by Gasteiger charge is -2.15. The Morgan fingerprint density at radius 1 is 1.21 bits per heavy atom. The van der Waals surface area contributed by atoms with E-state index in [0.29, 0.717) is 23.4 Å². The van der Waals surface area contributed by atoms with Gasteiger partial charge in [0.15, 0.2) is 6.54 Å². The van der Waals surface area contributed by atoms with Gasteiger partial charge in [-0.3, -0.25) is 4.79 Å². The molecule has 7 heteroatoms. The number of anilines is 1. The Bertz CT molecular complexity index is 1060. The van der Waals surface area contributed by atoms with E-state index >= 15 is 0 Å². The summed E-state index contributed by atoms with van der Waals surface area (Å²) < 4.78 is 10.4. The number of quaternary nitrogens is 1. The highest BCUT2D eigenvalue weighted by Gasteiger charge is 2.16. The fourth-order valence-electron chi connectivity index (χ4n) is 3.10. The van der Waals surface area contributed by atoms with Crippen LogP contribution in [-0.2, 0) is 11.3 Å². The minimum atomic E-state index is -0.480. The van der Waals surface area contributed by atoms with Crippen LogP contribution in [0.5, 0.6) is 11.5 Å². The number of amides is 1. The van der Waals surface area contributed by atoms with Gasteiger partial charge in [0.2, 0.25) is 0 Å². The van der Waals surface area contributed by atoms with Crippen LogP contribution in [0, 0.1) is 6.92 Å². The number of phenolic OH excluding ortho intramolecular Hbond substituents is 1. The molecule has 0 saturated carbocycles. The minimum Gasteiger partial charge on any atom is -0.508 e. The van der Waals surface area contributed by atoms with E-state index in [0.717, 1.165) is 21.6 Å². The van der Waals surface area contributed by atoms with E-state index in [9.17, 15) is 14.7 Å². The third-order valence-corrected chi connectivity index (χ3v) is 4.55.